The second-order valence-corrected chi connectivity index (χ2v) is 5.15. The predicted molar refractivity (Wildman–Crippen MR) is 73.4 cm³/mol. The molecule has 1 aromatic rings. The molecule has 0 radical (unpaired) electrons. The number of rotatable bonds is 4. The molecule has 2 atom stereocenters. The number of hydrogen-bond donors (Lipinski definition) is 1. The van der Waals surface area contributed by atoms with Crippen molar-refractivity contribution in [3.63, 3.8) is 0 Å². The van der Waals surface area contributed by atoms with Crippen molar-refractivity contribution in [2.75, 3.05) is 13.1 Å². The minimum atomic E-state index is -0.893. The van der Waals surface area contributed by atoms with Crippen LogP contribution in [-0.4, -0.2) is 41.1 Å². The van der Waals surface area contributed by atoms with E-state index in [1.165, 1.54) is 23.1 Å². The fourth-order valence-corrected chi connectivity index (χ4v) is 2.42. The largest absolute Gasteiger partial charge is 0.481 e. The van der Waals surface area contributed by atoms with E-state index < -0.39 is 23.8 Å². The number of hydrogen-bond acceptors (Lipinski definition) is 3. The first kappa shape index (κ1) is 15.3. The summed E-state index contributed by atoms with van der Waals surface area (Å²) in [4.78, 5) is 24.8. The molecule has 1 heterocycles. The summed E-state index contributed by atoms with van der Waals surface area (Å²) < 4.78 is 18.8. The van der Waals surface area contributed by atoms with Gasteiger partial charge in [0.25, 0.3) is 5.91 Å². The van der Waals surface area contributed by atoms with E-state index in [0.717, 1.165) is 0 Å². The van der Waals surface area contributed by atoms with Crippen molar-refractivity contribution in [3.8, 4) is 5.75 Å². The molecule has 5 nitrogen and oxygen atoms in total. The summed E-state index contributed by atoms with van der Waals surface area (Å²) in [6, 6.07) is 5.87. The first-order valence-electron chi connectivity index (χ1n) is 6.92. The number of piperidine rings is 1. The molecule has 1 aliphatic heterocycles. The highest BCUT2D eigenvalue weighted by molar-refractivity contribution is 5.82. The molecule has 21 heavy (non-hydrogen) atoms. The summed E-state index contributed by atoms with van der Waals surface area (Å²) in [5.74, 6) is -2.26. The molecule has 0 aromatic heterocycles. The van der Waals surface area contributed by atoms with Gasteiger partial charge in [-0.3, -0.25) is 9.59 Å². The van der Waals surface area contributed by atoms with Crippen molar-refractivity contribution in [2.24, 2.45) is 5.92 Å². The first-order valence-corrected chi connectivity index (χ1v) is 6.92. The zero-order chi connectivity index (χ0) is 15.4. The van der Waals surface area contributed by atoms with Crippen LogP contribution in [-0.2, 0) is 9.59 Å². The Morgan fingerprint density at radius 1 is 1.43 bits per heavy atom. The molecule has 6 heteroatoms. The molecule has 1 aromatic carbocycles. The lowest BCUT2D eigenvalue weighted by atomic mass is 9.98. The van der Waals surface area contributed by atoms with Gasteiger partial charge in [0, 0.05) is 13.1 Å². The zero-order valence-electron chi connectivity index (χ0n) is 11.8. The molecule has 0 spiro atoms. The van der Waals surface area contributed by atoms with Gasteiger partial charge in [0.05, 0.1) is 5.92 Å². The maximum atomic E-state index is 13.5. The number of aliphatic carboxylic acids is 1. The van der Waals surface area contributed by atoms with E-state index in [-0.39, 0.29) is 18.2 Å². The van der Waals surface area contributed by atoms with Gasteiger partial charge in [0.15, 0.2) is 17.7 Å². The molecule has 0 aliphatic carbocycles. The second-order valence-electron chi connectivity index (χ2n) is 5.15. The first-order chi connectivity index (χ1) is 9.99. The van der Waals surface area contributed by atoms with E-state index in [2.05, 4.69) is 0 Å². The van der Waals surface area contributed by atoms with Crippen LogP contribution in [0.3, 0.4) is 0 Å². The fourth-order valence-electron chi connectivity index (χ4n) is 2.42. The maximum Gasteiger partial charge on any atom is 0.308 e. The smallest absolute Gasteiger partial charge is 0.308 e. The van der Waals surface area contributed by atoms with Crippen molar-refractivity contribution < 1.29 is 23.8 Å². The summed E-state index contributed by atoms with van der Waals surface area (Å²) in [5, 5.41) is 9.03. The van der Waals surface area contributed by atoms with Gasteiger partial charge in [0.2, 0.25) is 0 Å². The number of benzene rings is 1. The van der Waals surface area contributed by atoms with Gasteiger partial charge in [-0.15, -0.1) is 0 Å². The molecule has 2 rings (SSSR count). The molecule has 1 N–H and O–H groups in total. The van der Waals surface area contributed by atoms with Crippen LogP contribution in [0, 0.1) is 11.7 Å². The molecule has 114 valence electrons. The Balaban J connectivity index is 1.99. The predicted octanol–water partition coefficient (Wildman–Crippen LogP) is 1.92. The van der Waals surface area contributed by atoms with Crippen LogP contribution in [0.5, 0.6) is 5.75 Å². The third kappa shape index (κ3) is 3.71. The van der Waals surface area contributed by atoms with Crippen molar-refractivity contribution in [3.05, 3.63) is 30.1 Å². The summed E-state index contributed by atoms with van der Waals surface area (Å²) in [7, 11) is 0. The van der Waals surface area contributed by atoms with Gasteiger partial charge in [-0.1, -0.05) is 12.1 Å². The van der Waals surface area contributed by atoms with Gasteiger partial charge >= 0.3 is 5.97 Å². The molecule has 1 aliphatic rings. The lowest BCUT2D eigenvalue weighted by molar-refractivity contribution is -0.147. The maximum absolute atomic E-state index is 13.5. The molecular weight excluding hydrogens is 277 g/mol. The minimum absolute atomic E-state index is 0.0187. The average molecular weight is 295 g/mol. The monoisotopic (exact) mass is 295 g/mol. The molecule has 1 unspecified atom stereocenters. The third-order valence-electron chi connectivity index (χ3n) is 3.57. The quantitative estimate of drug-likeness (QED) is 0.921. The van der Waals surface area contributed by atoms with Crippen LogP contribution in [0.2, 0.25) is 0 Å². The highest BCUT2D eigenvalue weighted by atomic mass is 19.1. The average Bonchev–Trinajstić information content (AvgIpc) is 2.49. The molecule has 1 fully saturated rings. The molecule has 0 bridgehead atoms. The number of carbonyl (C=O) groups is 2. The lowest BCUT2D eigenvalue weighted by Gasteiger charge is -2.32. The van der Waals surface area contributed by atoms with Gasteiger partial charge in [-0.05, 0) is 31.9 Å². The van der Waals surface area contributed by atoms with Crippen molar-refractivity contribution >= 4 is 11.9 Å². The van der Waals surface area contributed by atoms with Crippen molar-refractivity contribution in [2.45, 2.75) is 25.9 Å². The van der Waals surface area contributed by atoms with Gasteiger partial charge in [-0.2, -0.15) is 0 Å². The molecular formula is C15H18FNO4. The number of para-hydroxylation sites is 1. The minimum Gasteiger partial charge on any atom is -0.481 e. The Labute approximate surface area is 122 Å². The second kappa shape index (κ2) is 6.56. The Morgan fingerprint density at radius 2 is 2.14 bits per heavy atom. The van der Waals surface area contributed by atoms with Gasteiger partial charge in [-0.25, -0.2) is 4.39 Å². The van der Waals surface area contributed by atoms with E-state index >= 15 is 0 Å². The van der Waals surface area contributed by atoms with Crippen LogP contribution in [0.15, 0.2) is 24.3 Å². The number of carboxylic acid groups (broad SMARTS) is 1. The normalized spacial score (nSPS) is 19.9. The van der Waals surface area contributed by atoms with E-state index in [4.69, 9.17) is 9.84 Å². The summed E-state index contributed by atoms with van der Waals surface area (Å²) in [5.41, 5.74) is 0. The van der Waals surface area contributed by atoms with E-state index in [1.807, 2.05) is 0 Å². The zero-order valence-corrected chi connectivity index (χ0v) is 11.8. The van der Waals surface area contributed by atoms with E-state index in [9.17, 15) is 14.0 Å². The Bertz CT molecular complexity index is 534. The van der Waals surface area contributed by atoms with Crippen LogP contribution in [0.4, 0.5) is 4.39 Å². The summed E-state index contributed by atoms with van der Waals surface area (Å²) >= 11 is 0. The van der Waals surface area contributed by atoms with E-state index in [1.54, 1.807) is 13.0 Å². The Hall–Kier alpha value is -2.11. The highest BCUT2D eigenvalue weighted by Gasteiger charge is 2.31. The molecule has 1 saturated heterocycles. The number of carboxylic acids is 1. The highest BCUT2D eigenvalue weighted by Crippen LogP contribution is 2.20. The number of carbonyl (C=O) groups excluding carboxylic acids is 1. The van der Waals surface area contributed by atoms with E-state index in [0.29, 0.717) is 19.4 Å². The van der Waals surface area contributed by atoms with Crippen LogP contribution >= 0.6 is 0 Å². The van der Waals surface area contributed by atoms with Crippen LogP contribution < -0.4 is 4.74 Å². The SMILES string of the molecule is CC(Oc1ccccc1F)C(=O)N1CCC[C@H](C(=O)O)C1. The van der Waals surface area contributed by atoms with Crippen LogP contribution in [0.1, 0.15) is 19.8 Å². The lowest BCUT2D eigenvalue weighted by Crippen LogP contribution is -2.47. The number of halogens is 1. The van der Waals surface area contributed by atoms with Crippen molar-refractivity contribution in [1.82, 2.24) is 4.90 Å². The van der Waals surface area contributed by atoms with Crippen molar-refractivity contribution in [1.29, 1.82) is 0 Å². The Morgan fingerprint density at radius 3 is 2.81 bits per heavy atom. The standard InChI is InChI=1S/C15H18FNO4/c1-10(21-13-7-3-2-6-12(13)16)14(18)17-8-4-5-11(9-17)15(19)20/h2-3,6-7,10-11H,4-5,8-9H2,1H3,(H,19,20)/t10?,11-/m0/s1. The van der Waals surface area contributed by atoms with Crippen LogP contribution in [0.25, 0.3) is 0 Å². The topological polar surface area (TPSA) is 66.8 Å². The number of likely N-dealkylation sites (tertiary alicyclic amines) is 1. The Kier molecular flexibility index (Phi) is 4.77. The van der Waals surface area contributed by atoms with Gasteiger partial charge < -0.3 is 14.7 Å². The number of ether oxygens (including phenoxy) is 1. The number of nitrogens with zero attached hydrogens (tertiary/aromatic N) is 1. The van der Waals surface area contributed by atoms with Gasteiger partial charge in [0.1, 0.15) is 0 Å². The molecule has 0 saturated carbocycles. The third-order valence-corrected chi connectivity index (χ3v) is 3.57. The number of amides is 1. The summed E-state index contributed by atoms with van der Waals surface area (Å²) in [6.07, 6.45) is 0.367. The summed E-state index contributed by atoms with van der Waals surface area (Å²) in [6.45, 7) is 2.23. The fraction of sp³-hybridized carbons (Fsp3) is 0.467. The molecule has 1 amide bonds.